The van der Waals surface area contributed by atoms with Gasteiger partial charge in [0.2, 0.25) is 0 Å². The van der Waals surface area contributed by atoms with Crippen LogP contribution in [0.2, 0.25) is 5.02 Å². The lowest BCUT2D eigenvalue weighted by Crippen LogP contribution is -2.25. The van der Waals surface area contributed by atoms with E-state index in [1.165, 1.54) is 13.2 Å². The summed E-state index contributed by atoms with van der Waals surface area (Å²) in [4.78, 5) is 2.31. The molecule has 0 spiro atoms. The Balaban J connectivity index is 2.10. The Kier molecular flexibility index (Phi) is 6.04. The molecule has 144 valence electrons. The highest BCUT2D eigenvalue weighted by atomic mass is 35.5. The molecular formula is C19H20ClFN2O3S. The van der Waals surface area contributed by atoms with Crippen molar-refractivity contribution in [2.45, 2.75) is 4.90 Å². The first kappa shape index (κ1) is 19.7. The van der Waals surface area contributed by atoms with Crippen molar-refractivity contribution in [3.63, 3.8) is 0 Å². The van der Waals surface area contributed by atoms with Gasteiger partial charge in [0, 0.05) is 36.0 Å². The first-order valence-electron chi connectivity index (χ1n) is 8.24. The zero-order chi connectivity index (χ0) is 19.6. The number of nitrogens with zero attached hydrogens (tertiary/aromatic N) is 1. The third kappa shape index (κ3) is 3.95. The largest absolute Gasteiger partial charge is 0.495 e. The summed E-state index contributed by atoms with van der Waals surface area (Å²) in [7, 11) is 1.75. The van der Waals surface area contributed by atoms with E-state index in [0.29, 0.717) is 57.2 Å². The molecule has 1 atom stereocenters. The van der Waals surface area contributed by atoms with E-state index in [1.807, 2.05) is 0 Å². The van der Waals surface area contributed by atoms with E-state index in [1.54, 1.807) is 42.4 Å². The minimum Gasteiger partial charge on any atom is -0.495 e. The Morgan fingerprint density at radius 2 is 2.04 bits per heavy atom. The number of anilines is 2. The van der Waals surface area contributed by atoms with Crippen LogP contribution >= 0.6 is 11.6 Å². The number of nitrogens with two attached hydrogens (primary N) is 1. The van der Waals surface area contributed by atoms with Crippen LogP contribution in [0.3, 0.4) is 0 Å². The minimum atomic E-state index is -1.31. The average Bonchev–Trinajstić information content (AvgIpc) is 2.66. The van der Waals surface area contributed by atoms with E-state index in [2.05, 4.69) is 0 Å². The molecule has 1 aliphatic heterocycles. The normalized spacial score (nSPS) is 14.5. The second-order valence-electron chi connectivity index (χ2n) is 5.93. The van der Waals surface area contributed by atoms with Gasteiger partial charge in [-0.2, -0.15) is 0 Å². The fourth-order valence-corrected chi connectivity index (χ4v) is 4.25. The number of hydrogen-bond acceptors (Lipinski definition) is 5. The second kappa shape index (κ2) is 8.29. The number of halogens is 2. The molecule has 0 bridgehead atoms. The third-order valence-electron chi connectivity index (χ3n) is 4.30. The SMILES string of the molecule is COCCS(=O)c1cc2c(cc1OC)N(c1ccc(Cl)cc1F)CC=C2N. The van der Waals surface area contributed by atoms with Gasteiger partial charge in [-0.05, 0) is 30.3 Å². The predicted octanol–water partition coefficient (Wildman–Crippen LogP) is 3.69. The average molecular weight is 411 g/mol. The van der Waals surface area contributed by atoms with Gasteiger partial charge >= 0.3 is 0 Å². The smallest absolute Gasteiger partial charge is 0.148 e. The number of methoxy groups -OCH3 is 2. The van der Waals surface area contributed by atoms with E-state index in [9.17, 15) is 8.60 Å². The maximum atomic E-state index is 14.5. The summed E-state index contributed by atoms with van der Waals surface area (Å²) >= 11 is 5.87. The highest BCUT2D eigenvalue weighted by Gasteiger charge is 2.25. The molecule has 0 fully saturated rings. The van der Waals surface area contributed by atoms with Crippen LogP contribution in [0.5, 0.6) is 5.75 Å². The monoisotopic (exact) mass is 410 g/mol. The van der Waals surface area contributed by atoms with Crippen LogP contribution in [0, 0.1) is 5.82 Å². The van der Waals surface area contributed by atoms with Crippen molar-refractivity contribution < 1.29 is 18.1 Å². The zero-order valence-electron chi connectivity index (χ0n) is 15.0. The molecule has 8 heteroatoms. The molecule has 2 aromatic carbocycles. The summed E-state index contributed by atoms with van der Waals surface area (Å²) < 4.78 is 37.6. The maximum absolute atomic E-state index is 14.5. The van der Waals surface area contributed by atoms with Gasteiger partial charge in [-0.3, -0.25) is 4.21 Å². The van der Waals surface area contributed by atoms with Crippen LogP contribution in [0.1, 0.15) is 5.56 Å². The van der Waals surface area contributed by atoms with Gasteiger partial charge in [-0.25, -0.2) is 4.39 Å². The molecule has 3 rings (SSSR count). The van der Waals surface area contributed by atoms with Crippen molar-refractivity contribution >= 4 is 39.5 Å². The number of fused-ring (bicyclic) bond motifs is 1. The summed E-state index contributed by atoms with van der Waals surface area (Å²) in [5, 5.41) is 0.324. The Morgan fingerprint density at radius 3 is 2.70 bits per heavy atom. The van der Waals surface area contributed by atoms with Crippen LogP contribution in [-0.2, 0) is 15.5 Å². The summed E-state index contributed by atoms with van der Waals surface area (Å²) in [6.07, 6.45) is 1.80. The lowest BCUT2D eigenvalue weighted by Gasteiger charge is -2.31. The summed E-state index contributed by atoms with van der Waals surface area (Å²) in [5.74, 6) is 0.358. The van der Waals surface area contributed by atoms with Gasteiger partial charge in [-0.15, -0.1) is 0 Å². The van der Waals surface area contributed by atoms with Crippen molar-refractivity contribution in [2.75, 3.05) is 38.0 Å². The van der Waals surface area contributed by atoms with Crippen LogP contribution in [-0.4, -0.2) is 37.3 Å². The molecule has 27 heavy (non-hydrogen) atoms. The maximum Gasteiger partial charge on any atom is 0.148 e. The van der Waals surface area contributed by atoms with E-state index in [-0.39, 0.29) is 0 Å². The van der Waals surface area contributed by atoms with Crippen LogP contribution in [0.4, 0.5) is 15.8 Å². The summed E-state index contributed by atoms with van der Waals surface area (Å²) in [6.45, 7) is 0.757. The molecule has 0 amide bonds. The molecule has 0 aromatic heterocycles. The quantitative estimate of drug-likeness (QED) is 0.786. The van der Waals surface area contributed by atoms with Gasteiger partial charge in [0.15, 0.2) is 0 Å². The summed E-state index contributed by atoms with van der Waals surface area (Å²) in [5.41, 5.74) is 8.44. The van der Waals surface area contributed by atoms with Crippen molar-refractivity contribution in [1.29, 1.82) is 0 Å². The second-order valence-corrected chi connectivity index (χ2v) is 7.90. The van der Waals surface area contributed by atoms with Gasteiger partial charge in [0.25, 0.3) is 0 Å². The number of rotatable bonds is 6. The van der Waals surface area contributed by atoms with E-state index < -0.39 is 16.6 Å². The third-order valence-corrected chi connectivity index (χ3v) is 5.88. The lowest BCUT2D eigenvalue weighted by atomic mass is 10.0. The van der Waals surface area contributed by atoms with Crippen LogP contribution < -0.4 is 15.4 Å². The molecule has 1 heterocycles. The molecule has 1 aliphatic rings. The van der Waals surface area contributed by atoms with E-state index >= 15 is 0 Å². The zero-order valence-corrected chi connectivity index (χ0v) is 16.6. The van der Waals surface area contributed by atoms with E-state index in [4.69, 9.17) is 26.8 Å². The minimum absolute atomic E-state index is 0.324. The first-order valence-corrected chi connectivity index (χ1v) is 9.94. The highest BCUT2D eigenvalue weighted by Crippen LogP contribution is 2.41. The molecule has 0 saturated carbocycles. The lowest BCUT2D eigenvalue weighted by molar-refractivity contribution is 0.218. The van der Waals surface area contributed by atoms with Gasteiger partial charge < -0.3 is 20.1 Å². The standard InChI is InChI=1S/C19H20ClFN2O3S/c1-25-7-8-27(24)19-10-13-15(22)5-6-23(17(13)11-18(19)26-2)16-4-3-12(20)9-14(16)21/h3-5,9-11H,6-8,22H2,1-2H3. The summed E-state index contributed by atoms with van der Waals surface area (Å²) in [6, 6.07) is 8.00. The Hall–Kier alpha value is -2.09. The molecule has 1 unspecified atom stereocenters. The Labute approximate surface area is 165 Å². The predicted molar refractivity (Wildman–Crippen MR) is 107 cm³/mol. The number of ether oxygens (including phenoxy) is 2. The molecule has 5 nitrogen and oxygen atoms in total. The van der Waals surface area contributed by atoms with Crippen molar-refractivity contribution in [3.8, 4) is 5.75 Å². The molecule has 0 saturated heterocycles. The number of benzene rings is 2. The highest BCUT2D eigenvalue weighted by molar-refractivity contribution is 7.85. The fraction of sp³-hybridized carbons (Fsp3) is 0.263. The van der Waals surface area contributed by atoms with Crippen LogP contribution in [0.15, 0.2) is 41.3 Å². The van der Waals surface area contributed by atoms with Crippen molar-refractivity contribution in [1.82, 2.24) is 0 Å². The van der Waals surface area contributed by atoms with E-state index in [0.717, 1.165) is 0 Å². The van der Waals surface area contributed by atoms with Gasteiger partial charge in [0.1, 0.15) is 11.6 Å². The van der Waals surface area contributed by atoms with Gasteiger partial charge in [0.05, 0.1) is 46.5 Å². The Morgan fingerprint density at radius 1 is 1.26 bits per heavy atom. The van der Waals surface area contributed by atoms with Crippen molar-refractivity contribution in [3.05, 3.63) is 52.8 Å². The Bertz CT molecular complexity index is 920. The fourth-order valence-electron chi connectivity index (χ4n) is 2.94. The number of hydrogen-bond donors (Lipinski definition) is 1. The molecule has 2 N–H and O–H groups in total. The topological polar surface area (TPSA) is 64.8 Å². The van der Waals surface area contributed by atoms with Gasteiger partial charge in [-0.1, -0.05) is 11.6 Å². The van der Waals surface area contributed by atoms with Crippen molar-refractivity contribution in [2.24, 2.45) is 5.73 Å². The molecule has 2 aromatic rings. The first-order chi connectivity index (χ1) is 13.0. The molecule has 0 radical (unpaired) electrons. The van der Waals surface area contributed by atoms with Crippen LogP contribution in [0.25, 0.3) is 5.70 Å². The molecule has 0 aliphatic carbocycles. The molecular weight excluding hydrogens is 391 g/mol.